The van der Waals surface area contributed by atoms with Gasteiger partial charge in [-0.2, -0.15) is 10.0 Å². The van der Waals surface area contributed by atoms with Crippen LogP contribution >= 0.6 is 0 Å². The molecule has 84 heavy (non-hydrogen) atoms. The van der Waals surface area contributed by atoms with E-state index < -0.39 is 23.6 Å². The molecule has 8 bridgehead atoms. The molecule has 12 nitrogen and oxygen atoms in total. The van der Waals surface area contributed by atoms with E-state index in [0.717, 1.165) is 114 Å². The average molecular weight is 1130 g/mol. The summed E-state index contributed by atoms with van der Waals surface area (Å²) in [6.07, 6.45) is 4.43. The Bertz CT molecular complexity index is 3590. The molecule has 2 heterocycles. The number of imide groups is 2. The smallest absolute Gasteiger partial charge is 0.280 e. The number of anilines is 2. The number of nitrogens with zero attached hydrogens (tertiary/aromatic N) is 2. The first kappa shape index (κ1) is 57.2. The molecule has 0 saturated heterocycles. The number of ether oxygens (including phenoxy) is 4. The Labute approximate surface area is 493 Å². The van der Waals surface area contributed by atoms with Gasteiger partial charge in [0, 0.05) is 58.7 Å². The van der Waals surface area contributed by atoms with Gasteiger partial charge in [0.25, 0.3) is 23.6 Å². The molecule has 0 aromatic heterocycles. The second-order valence-corrected chi connectivity index (χ2v) is 24.6. The van der Waals surface area contributed by atoms with Crippen LogP contribution in [-0.2, 0) is 36.5 Å². The fraction of sp³-hybridized carbons (Fsp3) is 0.333. The van der Waals surface area contributed by atoms with E-state index in [0.29, 0.717) is 102 Å². The third kappa shape index (κ3) is 10.9. The summed E-state index contributed by atoms with van der Waals surface area (Å²) in [5, 5.41) is 5.12. The highest BCUT2D eigenvalue weighted by molar-refractivity contribution is 6.27. The maximum absolute atomic E-state index is 14.7. The van der Waals surface area contributed by atoms with Crippen LogP contribution in [0.3, 0.4) is 0 Å². The predicted molar refractivity (Wildman–Crippen MR) is 334 cm³/mol. The zero-order valence-electron chi connectivity index (χ0n) is 50.2. The summed E-state index contributed by atoms with van der Waals surface area (Å²) in [7, 11) is 0. The van der Waals surface area contributed by atoms with Crippen LogP contribution in [0.4, 0.5) is 11.4 Å². The molecular formula is C72H76N4O8. The van der Waals surface area contributed by atoms with Crippen molar-refractivity contribution in [3.8, 4) is 23.0 Å². The van der Waals surface area contributed by atoms with Crippen LogP contribution in [0.1, 0.15) is 192 Å². The first-order valence-electron chi connectivity index (χ1n) is 29.9. The average Bonchev–Trinajstić information content (AvgIpc) is 3.64. The molecule has 8 aromatic carbocycles. The van der Waals surface area contributed by atoms with Gasteiger partial charge in [-0.15, -0.1) is 0 Å². The topological polar surface area (TPSA) is 136 Å². The predicted octanol–water partition coefficient (Wildman–Crippen LogP) is 15.7. The van der Waals surface area contributed by atoms with Crippen LogP contribution in [0.15, 0.2) is 121 Å². The number of hydrogen-bond donors (Lipinski definition) is 2. The van der Waals surface area contributed by atoms with E-state index in [1.165, 1.54) is 0 Å². The quantitative estimate of drug-likeness (QED) is 0.0900. The summed E-state index contributed by atoms with van der Waals surface area (Å²) in [5.74, 6) is 1.02. The number of rotatable bonds is 16. The van der Waals surface area contributed by atoms with E-state index in [1.54, 1.807) is 24.3 Å². The van der Waals surface area contributed by atoms with Crippen LogP contribution in [0.25, 0.3) is 21.5 Å². The summed E-state index contributed by atoms with van der Waals surface area (Å²) in [6.45, 7) is 23.6. The lowest BCUT2D eigenvalue weighted by Crippen LogP contribution is -2.44. The van der Waals surface area contributed by atoms with E-state index in [-0.39, 0.29) is 17.3 Å². The summed E-state index contributed by atoms with van der Waals surface area (Å²) in [5.41, 5.74) is 18.2. The van der Waals surface area contributed by atoms with Gasteiger partial charge >= 0.3 is 0 Å². The number of hydrogen-bond acceptors (Lipinski definition) is 10. The molecule has 8 aromatic rings. The highest BCUT2D eigenvalue weighted by atomic mass is 16.5. The summed E-state index contributed by atoms with van der Waals surface area (Å²) < 4.78 is 28.0. The highest BCUT2D eigenvalue weighted by Crippen LogP contribution is 2.45. The van der Waals surface area contributed by atoms with E-state index >= 15 is 0 Å². The van der Waals surface area contributed by atoms with Crippen LogP contribution in [0.2, 0.25) is 0 Å². The van der Waals surface area contributed by atoms with Gasteiger partial charge in [-0.1, -0.05) is 142 Å². The molecule has 11 rings (SSSR count). The number of fused-ring (bicyclic) bond motifs is 8. The molecule has 1 aliphatic carbocycles. The van der Waals surface area contributed by atoms with Crippen LogP contribution in [0, 0.1) is 0 Å². The van der Waals surface area contributed by atoms with Crippen LogP contribution in [-0.4, -0.2) is 60.1 Å². The van der Waals surface area contributed by atoms with Crippen molar-refractivity contribution in [1.82, 2.24) is 10.0 Å². The summed E-state index contributed by atoms with van der Waals surface area (Å²) >= 11 is 0. The molecule has 0 fully saturated rings. The molecule has 432 valence electrons. The Kier molecular flexibility index (Phi) is 15.8. The van der Waals surface area contributed by atoms with E-state index in [1.807, 2.05) is 72.8 Å². The van der Waals surface area contributed by atoms with Crippen molar-refractivity contribution in [3.05, 3.63) is 199 Å². The molecule has 0 atom stereocenters. The van der Waals surface area contributed by atoms with Crippen molar-refractivity contribution in [2.75, 3.05) is 37.3 Å². The van der Waals surface area contributed by atoms with Gasteiger partial charge in [-0.25, -0.2) is 0 Å². The minimum Gasteiger partial charge on any atom is -0.493 e. The van der Waals surface area contributed by atoms with Crippen molar-refractivity contribution >= 4 is 56.5 Å². The Hall–Kier alpha value is -8.64. The fourth-order valence-electron chi connectivity index (χ4n) is 12.0. The second-order valence-electron chi connectivity index (χ2n) is 24.6. The Morgan fingerprint density at radius 1 is 0.369 bits per heavy atom. The van der Waals surface area contributed by atoms with Gasteiger partial charge in [0.05, 0.1) is 60.1 Å². The van der Waals surface area contributed by atoms with Gasteiger partial charge < -0.3 is 18.9 Å². The molecule has 0 spiro atoms. The number of hydrazine groups is 2. The first-order valence-corrected chi connectivity index (χ1v) is 29.9. The lowest BCUT2D eigenvalue weighted by Gasteiger charge is -2.30. The zero-order chi connectivity index (χ0) is 59.2. The Balaban J connectivity index is 1.18. The highest BCUT2D eigenvalue weighted by Gasteiger charge is 2.36. The van der Waals surface area contributed by atoms with Crippen LogP contribution in [0.5, 0.6) is 23.0 Å². The lowest BCUT2D eigenvalue weighted by molar-refractivity contribution is 0.0633. The van der Waals surface area contributed by atoms with Crippen molar-refractivity contribution < 1.29 is 38.1 Å². The van der Waals surface area contributed by atoms with Crippen molar-refractivity contribution in [2.45, 2.75) is 131 Å². The van der Waals surface area contributed by atoms with Crippen molar-refractivity contribution in [1.29, 1.82) is 0 Å². The van der Waals surface area contributed by atoms with Gasteiger partial charge in [0.1, 0.15) is 23.0 Å². The van der Waals surface area contributed by atoms with Crippen molar-refractivity contribution in [3.63, 3.8) is 0 Å². The normalized spacial score (nSPS) is 14.1. The van der Waals surface area contributed by atoms with Crippen LogP contribution < -0.4 is 29.8 Å². The minimum absolute atomic E-state index is 0.218. The van der Waals surface area contributed by atoms with Gasteiger partial charge in [0.15, 0.2) is 0 Å². The monoisotopic (exact) mass is 1120 g/mol. The fourth-order valence-corrected chi connectivity index (χ4v) is 12.0. The van der Waals surface area contributed by atoms with Gasteiger partial charge in [-0.3, -0.25) is 30.0 Å². The SMILES string of the molecule is CCCOc1c2cc(NN3C(=O)c4cccc5cccc(c45)C3=O)cc1Cc1cc(C(C)(C)C)cc(c1OCCC)Cc1cc(C(C)(C)C)cc(c1OCCC)Cc1cc(NN3C(=O)c4cccc5cccc(c45)C3=O)cc(c1OCCC)C2. The summed E-state index contributed by atoms with van der Waals surface area (Å²) in [6, 6.07) is 39.1. The molecule has 2 aliphatic heterocycles. The standard InChI is InChI=1S/C72H76N4O8/c1-11-27-81-63-45-31-46-36-54(72(8,9)10)38-48(64(46)82-28-12-2)33-50-40-56(74-76-69(79)59-25-17-21-44-22-18-26-60(62(44)59)70(76)80)42-52(66(50)84-30-14-4)34-51-41-55(39-49(65(51)83-29-13-3)32-47(63)37-53(35-45)71(5,6)7)73-75-67(77)57-23-15-19-43-20-16-24-58(61(43)57)68(75)78/h15-26,35-42,73-74H,11-14,27-34H2,1-10H3. The largest absolute Gasteiger partial charge is 0.493 e. The van der Waals surface area contributed by atoms with Crippen molar-refractivity contribution in [2.24, 2.45) is 0 Å². The molecule has 3 aliphatic rings. The minimum atomic E-state index is -0.467. The molecule has 2 N–H and O–H groups in total. The van der Waals surface area contributed by atoms with Gasteiger partial charge in [0.2, 0.25) is 0 Å². The molecule has 0 saturated carbocycles. The maximum Gasteiger partial charge on any atom is 0.280 e. The van der Waals surface area contributed by atoms with E-state index in [4.69, 9.17) is 18.9 Å². The molecule has 0 radical (unpaired) electrons. The number of nitrogens with one attached hydrogen (secondary N) is 2. The number of carbonyl (C=O) groups is 4. The molecule has 12 heteroatoms. The zero-order valence-corrected chi connectivity index (χ0v) is 50.2. The third-order valence-corrected chi connectivity index (χ3v) is 16.1. The van der Waals surface area contributed by atoms with E-state index in [2.05, 4.69) is 104 Å². The summed E-state index contributed by atoms with van der Waals surface area (Å²) in [4.78, 5) is 58.7. The number of benzene rings is 8. The first-order chi connectivity index (χ1) is 40.4. The Morgan fingerprint density at radius 3 is 0.833 bits per heavy atom. The third-order valence-electron chi connectivity index (χ3n) is 16.1. The molecule has 0 unspecified atom stereocenters. The van der Waals surface area contributed by atoms with E-state index in [9.17, 15) is 19.2 Å². The maximum atomic E-state index is 14.7. The number of amides is 4. The second kappa shape index (κ2) is 23.2. The Morgan fingerprint density at radius 2 is 0.607 bits per heavy atom. The van der Waals surface area contributed by atoms with Gasteiger partial charge in [-0.05, 0) is 129 Å². The molecule has 4 amide bonds. The molecular weight excluding hydrogens is 1050 g/mol. The number of carbonyl (C=O) groups excluding carboxylic acids is 4. The lowest BCUT2D eigenvalue weighted by atomic mass is 9.81.